The van der Waals surface area contributed by atoms with E-state index < -0.39 is 0 Å². The van der Waals surface area contributed by atoms with Crippen LogP contribution in [0.2, 0.25) is 0 Å². The summed E-state index contributed by atoms with van der Waals surface area (Å²) < 4.78 is 0. The Kier molecular flexibility index (Phi) is 1.95. The Morgan fingerprint density at radius 2 is 2.29 bits per heavy atom. The molecule has 0 N–H and O–H groups in total. The number of aromatic nitrogens is 4. The van der Waals surface area contributed by atoms with E-state index in [4.69, 9.17) is 5.26 Å². The molecule has 0 fully saturated rings. The molecule has 2 aromatic rings. The van der Waals surface area contributed by atoms with Crippen molar-refractivity contribution in [2.45, 2.75) is 6.92 Å². The predicted molar refractivity (Wildman–Crippen MR) is 48.6 cm³/mol. The van der Waals surface area contributed by atoms with Crippen LogP contribution in [0.1, 0.15) is 11.1 Å². The zero-order valence-electron chi connectivity index (χ0n) is 7.55. The van der Waals surface area contributed by atoms with E-state index in [2.05, 4.69) is 21.5 Å². The van der Waals surface area contributed by atoms with Crippen molar-refractivity contribution in [1.29, 1.82) is 5.26 Å². The maximum Gasteiger partial charge on any atom is 0.162 e. The summed E-state index contributed by atoms with van der Waals surface area (Å²) >= 11 is 0. The minimum absolute atomic E-state index is 0.625. The Bertz CT molecular complexity index is 480. The zero-order valence-corrected chi connectivity index (χ0v) is 7.55. The Morgan fingerprint density at radius 3 is 2.93 bits per heavy atom. The second-order valence-electron chi connectivity index (χ2n) is 2.79. The first kappa shape index (κ1) is 8.38. The fraction of sp³-hybridized carbons (Fsp3) is 0.111. The summed E-state index contributed by atoms with van der Waals surface area (Å²) in [6.45, 7) is 1.86. The second-order valence-corrected chi connectivity index (χ2v) is 2.79. The van der Waals surface area contributed by atoms with Gasteiger partial charge in [-0.3, -0.25) is 0 Å². The molecule has 0 unspecified atom stereocenters. The lowest BCUT2D eigenvalue weighted by atomic mass is 10.1. The van der Waals surface area contributed by atoms with Gasteiger partial charge in [-0.05, 0) is 29.8 Å². The number of hydrogen-bond acceptors (Lipinski definition) is 4. The molecule has 0 bridgehead atoms. The smallest absolute Gasteiger partial charge is 0.162 e. The van der Waals surface area contributed by atoms with E-state index in [1.165, 1.54) is 11.1 Å². The van der Waals surface area contributed by atoms with E-state index in [9.17, 15) is 0 Å². The van der Waals surface area contributed by atoms with Gasteiger partial charge in [0.1, 0.15) is 0 Å². The largest absolute Gasteiger partial charge is 0.192 e. The summed E-state index contributed by atoms with van der Waals surface area (Å²) in [5.41, 5.74) is 2.26. The molecule has 0 amide bonds. The number of rotatable bonds is 1. The quantitative estimate of drug-likeness (QED) is 0.660. The molecule has 0 spiro atoms. The third-order valence-electron chi connectivity index (χ3n) is 1.99. The highest BCUT2D eigenvalue weighted by Crippen LogP contribution is 2.14. The minimum atomic E-state index is 0.625. The molecule has 68 valence electrons. The average molecular weight is 185 g/mol. The van der Waals surface area contributed by atoms with Gasteiger partial charge in [-0.25, -0.2) is 0 Å². The van der Waals surface area contributed by atoms with Crippen molar-refractivity contribution < 1.29 is 0 Å². The Balaban J connectivity index is 2.61. The van der Waals surface area contributed by atoms with Gasteiger partial charge in [-0.15, -0.1) is 15.0 Å². The van der Waals surface area contributed by atoms with Gasteiger partial charge < -0.3 is 0 Å². The standard InChI is InChI=1S/C9H7N5/c1-7-8(5-10)3-2-4-9(7)14-12-6-11-13-14/h2-4,6H,1H3. The molecule has 5 heteroatoms. The van der Waals surface area contributed by atoms with Gasteiger partial charge in [0, 0.05) is 0 Å². The van der Waals surface area contributed by atoms with Crippen LogP contribution in [0.25, 0.3) is 5.69 Å². The summed E-state index contributed by atoms with van der Waals surface area (Å²) in [5, 5.41) is 20.1. The van der Waals surface area contributed by atoms with Gasteiger partial charge in [-0.2, -0.15) is 5.26 Å². The first-order valence-corrected chi connectivity index (χ1v) is 4.06. The minimum Gasteiger partial charge on any atom is -0.192 e. The van der Waals surface area contributed by atoms with Crippen LogP contribution in [-0.2, 0) is 0 Å². The van der Waals surface area contributed by atoms with Crippen LogP contribution in [0.4, 0.5) is 0 Å². The Labute approximate surface area is 80.6 Å². The molecule has 5 nitrogen and oxygen atoms in total. The van der Waals surface area contributed by atoms with Crippen LogP contribution in [0.15, 0.2) is 24.5 Å². The third kappa shape index (κ3) is 1.23. The number of benzene rings is 1. The topological polar surface area (TPSA) is 67.4 Å². The first-order valence-electron chi connectivity index (χ1n) is 4.06. The predicted octanol–water partition coefficient (Wildman–Crippen LogP) is 0.842. The maximum atomic E-state index is 8.82. The lowest BCUT2D eigenvalue weighted by molar-refractivity contribution is 0.715. The lowest BCUT2D eigenvalue weighted by Crippen LogP contribution is -2.02. The van der Waals surface area contributed by atoms with Crippen molar-refractivity contribution in [1.82, 2.24) is 20.2 Å². The molecular formula is C9H7N5. The highest BCUT2D eigenvalue weighted by atomic mass is 15.6. The summed E-state index contributed by atoms with van der Waals surface area (Å²) in [6.07, 6.45) is 1.36. The summed E-state index contributed by atoms with van der Waals surface area (Å²) in [5.74, 6) is 0. The molecule has 1 aromatic carbocycles. The normalized spacial score (nSPS) is 9.71. The van der Waals surface area contributed by atoms with Crippen LogP contribution >= 0.6 is 0 Å². The summed E-state index contributed by atoms with van der Waals surface area (Å²) in [4.78, 5) is 1.40. The van der Waals surface area contributed by atoms with E-state index >= 15 is 0 Å². The van der Waals surface area contributed by atoms with Crippen LogP contribution in [0.3, 0.4) is 0 Å². The van der Waals surface area contributed by atoms with E-state index in [-0.39, 0.29) is 0 Å². The van der Waals surface area contributed by atoms with Gasteiger partial charge in [0.25, 0.3) is 0 Å². The number of hydrogen-bond donors (Lipinski definition) is 0. The molecule has 0 aliphatic heterocycles. The van der Waals surface area contributed by atoms with Crippen LogP contribution in [-0.4, -0.2) is 20.2 Å². The first-order chi connectivity index (χ1) is 6.83. The third-order valence-corrected chi connectivity index (χ3v) is 1.99. The van der Waals surface area contributed by atoms with Gasteiger partial charge in [0.05, 0.1) is 17.3 Å². The van der Waals surface area contributed by atoms with Crippen LogP contribution in [0, 0.1) is 18.3 Å². The molecule has 0 radical (unpaired) electrons. The van der Waals surface area contributed by atoms with Crippen molar-refractivity contribution in [3.8, 4) is 11.8 Å². The number of tetrazole rings is 1. The van der Waals surface area contributed by atoms with Crippen molar-refractivity contribution in [2.75, 3.05) is 0 Å². The highest BCUT2D eigenvalue weighted by molar-refractivity contribution is 5.48. The van der Waals surface area contributed by atoms with Crippen LogP contribution < -0.4 is 0 Å². The van der Waals surface area contributed by atoms with E-state index in [1.807, 2.05) is 13.0 Å². The fourth-order valence-electron chi connectivity index (χ4n) is 1.24. The van der Waals surface area contributed by atoms with Crippen molar-refractivity contribution >= 4 is 0 Å². The van der Waals surface area contributed by atoms with Gasteiger partial charge in [0.2, 0.25) is 0 Å². The molecule has 1 heterocycles. The zero-order chi connectivity index (χ0) is 9.97. The molecule has 0 aliphatic carbocycles. The van der Waals surface area contributed by atoms with Crippen LogP contribution in [0.5, 0.6) is 0 Å². The Morgan fingerprint density at radius 1 is 1.43 bits per heavy atom. The summed E-state index contributed by atoms with van der Waals surface area (Å²) in [6, 6.07) is 7.51. The monoisotopic (exact) mass is 185 g/mol. The summed E-state index contributed by atoms with van der Waals surface area (Å²) in [7, 11) is 0. The van der Waals surface area contributed by atoms with Gasteiger partial charge in [0.15, 0.2) is 6.33 Å². The molecule has 0 saturated carbocycles. The fourth-order valence-corrected chi connectivity index (χ4v) is 1.24. The molecule has 0 atom stereocenters. The molecule has 0 aliphatic rings. The molecule has 2 rings (SSSR count). The molecular weight excluding hydrogens is 178 g/mol. The van der Waals surface area contributed by atoms with Crippen molar-refractivity contribution in [3.63, 3.8) is 0 Å². The number of nitrogens with zero attached hydrogens (tertiary/aromatic N) is 5. The van der Waals surface area contributed by atoms with E-state index in [0.717, 1.165) is 11.3 Å². The van der Waals surface area contributed by atoms with Crippen molar-refractivity contribution in [3.05, 3.63) is 35.7 Å². The van der Waals surface area contributed by atoms with Gasteiger partial charge >= 0.3 is 0 Å². The SMILES string of the molecule is Cc1c(C#N)cccc1-n1ncnn1. The van der Waals surface area contributed by atoms with E-state index in [0.29, 0.717) is 5.56 Å². The second kappa shape index (κ2) is 3.26. The molecule has 14 heavy (non-hydrogen) atoms. The molecule has 1 aromatic heterocycles. The highest BCUT2D eigenvalue weighted by Gasteiger charge is 2.05. The van der Waals surface area contributed by atoms with Crippen molar-refractivity contribution in [2.24, 2.45) is 0 Å². The lowest BCUT2D eigenvalue weighted by Gasteiger charge is -2.03. The number of nitriles is 1. The Hall–Kier alpha value is -2.22. The van der Waals surface area contributed by atoms with E-state index in [1.54, 1.807) is 12.1 Å². The average Bonchev–Trinajstić information content (AvgIpc) is 2.71. The van der Waals surface area contributed by atoms with Gasteiger partial charge in [-0.1, -0.05) is 6.07 Å². The molecule has 0 saturated heterocycles. The maximum absolute atomic E-state index is 8.82.